The van der Waals surface area contributed by atoms with Crippen molar-refractivity contribution in [2.45, 2.75) is 6.92 Å². The minimum Gasteiger partial charge on any atom is -0.253 e. The van der Waals surface area contributed by atoms with Crippen LogP contribution < -0.4 is 0 Å². The first-order valence-corrected chi connectivity index (χ1v) is 5.22. The predicted octanol–water partition coefficient (Wildman–Crippen LogP) is 2.97. The van der Waals surface area contributed by atoms with Gasteiger partial charge in [0, 0.05) is 23.0 Å². The number of hydrogen-bond donors (Lipinski definition) is 0. The van der Waals surface area contributed by atoms with E-state index in [0.717, 1.165) is 22.5 Å². The van der Waals surface area contributed by atoms with Gasteiger partial charge in [-0.2, -0.15) is 5.26 Å². The van der Waals surface area contributed by atoms with Gasteiger partial charge in [-0.15, -0.1) is 0 Å². The summed E-state index contributed by atoms with van der Waals surface area (Å²) in [7, 11) is 0. The van der Waals surface area contributed by atoms with Gasteiger partial charge in [0.05, 0.1) is 5.69 Å². The van der Waals surface area contributed by atoms with E-state index in [-0.39, 0.29) is 0 Å². The minimum atomic E-state index is 0.420. The Balaban J connectivity index is 2.61. The van der Waals surface area contributed by atoms with Gasteiger partial charge in [-0.1, -0.05) is 12.6 Å². The average molecular weight is 221 g/mol. The van der Waals surface area contributed by atoms with Gasteiger partial charge in [0.2, 0.25) is 0 Å². The van der Waals surface area contributed by atoms with Crippen LogP contribution in [0.25, 0.3) is 17.2 Å². The van der Waals surface area contributed by atoms with E-state index in [0.29, 0.717) is 5.69 Å². The first kappa shape index (κ1) is 11.0. The van der Waals surface area contributed by atoms with Crippen molar-refractivity contribution in [1.29, 1.82) is 5.26 Å². The molecule has 0 bridgehead atoms. The summed E-state index contributed by atoms with van der Waals surface area (Å²) < 4.78 is 0. The number of aryl methyl sites for hydroxylation is 1. The van der Waals surface area contributed by atoms with E-state index in [1.54, 1.807) is 12.3 Å². The van der Waals surface area contributed by atoms with Gasteiger partial charge in [0.15, 0.2) is 0 Å². The Morgan fingerprint density at radius 3 is 2.76 bits per heavy atom. The summed E-state index contributed by atoms with van der Waals surface area (Å²) in [6.07, 6.45) is 3.31. The molecular formula is C14H11N3. The fraction of sp³-hybridized carbons (Fsp3) is 0.0714. The Hall–Kier alpha value is -2.47. The molecule has 0 aliphatic heterocycles. The van der Waals surface area contributed by atoms with Gasteiger partial charge in [-0.05, 0) is 31.2 Å². The molecule has 0 unspecified atom stereocenters. The van der Waals surface area contributed by atoms with Gasteiger partial charge in [-0.3, -0.25) is 4.98 Å². The molecule has 0 radical (unpaired) electrons. The van der Waals surface area contributed by atoms with Crippen molar-refractivity contribution in [3.05, 3.63) is 54.1 Å². The molecule has 0 amide bonds. The molecule has 2 aromatic rings. The summed E-state index contributed by atoms with van der Waals surface area (Å²) >= 11 is 0. The highest BCUT2D eigenvalue weighted by molar-refractivity contribution is 5.71. The maximum absolute atomic E-state index is 9.02. The molecule has 3 heteroatoms. The molecule has 0 N–H and O–H groups in total. The van der Waals surface area contributed by atoms with Crippen molar-refractivity contribution in [2.24, 2.45) is 0 Å². The van der Waals surface area contributed by atoms with E-state index in [4.69, 9.17) is 5.26 Å². The van der Waals surface area contributed by atoms with Crippen molar-refractivity contribution >= 4 is 6.08 Å². The van der Waals surface area contributed by atoms with E-state index in [9.17, 15) is 0 Å². The smallest absolute Gasteiger partial charge is 0.148 e. The summed E-state index contributed by atoms with van der Waals surface area (Å²) in [6.45, 7) is 5.59. The van der Waals surface area contributed by atoms with Gasteiger partial charge in [-0.25, -0.2) is 4.98 Å². The van der Waals surface area contributed by atoms with Gasteiger partial charge >= 0.3 is 0 Å². The van der Waals surface area contributed by atoms with Crippen LogP contribution in [0.1, 0.15) is 17.1 Å². The number of aromatic nitrogens is 2. The summed E-state index contributed by atoms with van der Waals surface area (Å²) in [4.78, 5) is 8.44. The van der Waals surface area contributed by atoms with E-state index in [1.807, 2.05) is 31.2 Å². The molecule has 0 aromatic carbocycles. The van der Waals surface area contributed by atoms with Crippen LogP contribution in [0, 0.1) is 18.3 Å². The number of rotatable bonds is 2. The Labute approximate surface area is 100 Å². The molecule has 0 saturated carbocycles. The maximum Gasteiger partial charge on any atom is 0.148 e. The van der Waals surface area contributed by atoms with Crippen molar-refractivity contribution in [3.63, 3.8) is 0 Å². The topological polar surface area (TPSA) is 49.6 Å². The van der Waals surface area contributed by atoms with E-state index in [2.05, 4.69) is 22.6 Å². The molecule has 0 aliphatic carbocycles. The van der Waals surface area contributed by atoms with Crippen molar-refractivity contribution in [1.82, 2.24) is 9.97 Å². The monoisotopic (exact) mass is 221 g/mol. The van der Waals surface area contributed by atoms with Crippen molar-refractivity contribution in [2.75, 3.05) is 0 Å². The largest absolute Gasteiger partial charge is 0.253 e. The summed E-state index contributed by atoms with van der Waals surface area (Å²) in [5, 5.41) is 9.02. The van der Waals surface area contributed by atoms with Crippen LogP contribution >= 0.6 is 0 Å². The lowest BCUT2D eigenvalue weighted by molar-refractivity contribution is 1.17. The number of hydrogen-bond acceptors (Lipinski definition) is 3. The van der Waals surface area contributed by atoms with E-state index >= 15 is 0 Å². The second-order valence-electron chi connectivity index (χ2n) is 3.58. The quantitative estimate of drug-likeness (QED) is 0.783. The molecule has 2 aromatic heterocycles. The number of nitrogens with zero attached hydrogens (tertiary/aromatic N) is 3. The maximum atomic E-state index is 9.02. The normalized spacial score (nSPS) is 9.65. The highest BCUT2D eigenvalue weighted by atomic mass is 14.7. The molecule has 2 rings (SSSR count). The van der Waals surface area contributed by atoms with Crippen LogP contribution in [0.4, 0.5) is 0 Å². The van der Waals surface area contributed by atoms with Crippen molar-refractivity contribution in [3.8, 4) is 17.2 Å². The lowest BCUT2D eigenvalue weighted by Crippen LogP contribution is -1.94. The van der Waals surface area contributed by atoms with E-state index < -0.39 is 0 Å². The van der Waals surface area contributed by atoms with Crippen LogP contribution in [-0.2, 0) is 0 Å². The molecule has 0 fully saturated rings. The number of nitriles is 1. The predicted molar refractivity (Wildman–Crippen MR) is 67.0 cm³/mol. The molecule has 0 saturated heterocycles. The standard InChI is InChI=1S/C14H11N3/c1-3-11-6-7-12(10(2)17-11)13-5-4-8-16-14(13)9-15/h3-8H,1H2,2H3. The molecule has 17 heavy (non-hydrogen) atoms. The lowest BCUT2D eigenvalue weighted by atomic mass is 10.0. The van der Waals surface area contributed by atoms with Crippen LogP contribution in [0.2, 0.25) is 0 Å². The summed E-state index contributed by atoms with van der Waals surface area (Å²) in [5.74, 6) is 0. The van der Waals surface area contributed by atoms with Gasteiger partial charge in [0.25, 0.3) is 0 Å². The molecular weight excluding hydrogens is 210 g/mol. The highest BCUT2D eigenvalue weighted by Crippen LogP contribution is 2.24. The second kappa shape index (κ2) is 4.58. The Morgan fingerprint density at radius 2 is 2.12 bits per heavy atom. The Morgan fingerprint density at radius 1 is 1.29 bits per heavy atom. The third kappa shape index (κ3) is 2.06. The van der Waals surface area contributed by atoms with E-state index in [1.165, 1.54) is 0 Å². The first-order chi connectivity index (χ1) is 8.26. The first-order valence-electron chi connectivity index (χ1n) is 5.22. The fourth-order valence-electron chi connectivity index (χ4n) is 1.69. The van der Waals surface area contributed by atoms with Gasteiger partial charge < -0.3 is 0 Å². The average Bonchev–Trinajstić information content (AvgIpc) is 2.38. The molecule has 82 valence electrons. The van der Waals surface area contributed by atoms with Crippen LogP contribution in [-0.4, -0.2) is 9.97 Å². The fourth-order valence-corrected chi connectivity index (χ4v) is 1.69. The Kier molecular flexibility index (Phi) is 2.97. The lowest BCUT2D eigenvalue weighted by Gasteiger charge is -2.07. The third-order valence-corrected chi connectivity index (χ3v) is 2.52. The third-order valence-electron chi connectivity index (χ3n) is 2.52. The molecule has 0 aliphatic rings. The summed E-state index contributed by atoms with van der Waals surface area (Å²) in [6, 6.07) is 9.61. The van der Waals surface area contributed by atoms with Crippen LogP contribution in [0.5, 0.6) is 0 Å². The van der Waals surface area contributed by atoms with Crippen molar-refractivity contribution < 1.29 is 0 Å². The SMILES string of the molecule is C=Cc1ccc(-c2cccnc2C#N)c(C)n1. The zero-order valence-electron chi connectivity index (χ0n) is 9.51. The minimum absolute atomic E-state index is 0.420. The van der Waals surface area contributed by atoms with Crippen LogP contribution in [0.3, 0.4) is 0 Å². The Bertz CT molecular complexity index is 609. The molecule has 3 nitrogen and oxygen atoms in total. The molecule has 0 atom stereocenters. The van der Waals surface area contributed by atoms with Gasteiger partial charge in [0.1, 0.15) is 11.8 Å². The zero-order chi connectivity index (χ0) is 12.3. The highest BCUT2D eigenvalue weighted by Gasteiger charge is 2.08. The number of pyridine rings is 2. The molecule has 2 heterocycles. The van der Waals surface area contributed by atoms with Crippen LogP contribution in [0.15, 0.2) is 37.0 Å². The molecule has 0 spiro atoms. The summed E-state index contributed by atoms with van der Waals surface area (Å²) in [5.41, 5.74) is 3.86. The second-order valence-corrected chi connectivity index (χ2v) is 3.58. The zero-order valence-corrected chi connectivity index (χ0v) is 9.51.